The number of aromatic nitrogens is 3. The Bertz CT molecular complexity index is 1190. The van der Waals surface area contributed by atoms with E-state index in [2.05, 4.69) is 52.3 Å². The molecule has 1 aliphatic rings. The van der Waals surface area contributed by atoms with Crippen LogP contribution in [0.15, 0.2) is 47.3 Å². The van der Waals surface area contributed by atoms with Crippen molar-refractivity contribution in [1.82, 2.24) is 15.0 Å². The fraction of sp³-hybridized carbons (Fsp3) is 0.304. The molecule has 0 bridgehead atoms. The van der Waals surface area contributed by atoms with E-state index in [1.165, 1.54) is 0 Å². The lowest BCUT2D eigenvalue weighted by molar-refractivity contribution is 0.171. The molecule has 0 unspecified atom stereocenters. The summed E-state index contributed by atoms with van der Waals surface area (Å²) < 4.78 is 16.9. The third-order valence-electron chi connectivity index (χ3n) is 5.46. The van der Waals surface area contributed by atoms with Crippen molar-refractivity contribution >= 4 is 16.9 Å². The monoisotopic (exact) mass is 404 g/mol. The molecule has 0 aliphatic carbocycles. The molecule has 4 heterocycles. The van der Waals surface area contributed by atoms with Crippen molar-refractivity contribution in [2.24, 2.45) is 5.92 Å². The van der Waals surface area contributed by atoms with Crippen molar-refractivity contribution in [2.75, 3.05) is 18.5 Å². The molecule has 0 spiro atoms. The molecular weight excluding hydrogens is 380 g/mol. The summed E-state index contributed by atoms with van der Waals surface area (Å²) in [6, 6.07) is 10.2. The molecule has 3 aromatic heterocycles. The Hall–Kier alpha value is -3.48. The zero-order chi connectivity index (χ0) is 20.7. The third-order valence-corrected chi connectivity index (χ3v) is 5.46. The molecule has 154 valence electrons. The zero-order valence-electron chi connectivity index (χ0n) is 17.2. The maximum atomic E-state index is 5.78. The highest BCUT2D eigenvalue weighted by Gasteiger charge is 2.22. The van der Waals surface area contributed by atoms with Crippen LogP contribution in [0, 0.1) is 12.8 Å². The van der Waals surface area contributed by atoms with Crippen LogP contribution in [-0.2, 0) is 0 Å². The first-order valence-electron chi connectivity index (χ1n) is 10.1. The molecule has 7 nitrogen and oxygen atoms in total. The number of ether oxygens (including phenoxy) is 2. The Labute approximate surface area is 174 Å². The Balaban J connectivity index is 1.51. The predicted molar refractivity (Wildman–Crippen MR) is 115 cm³/mol. The first kappa shape index (κ1) is 18.5. The summed E-state index contributed by atoms with van der Waals surface area (Å²) in [4.78, 5) is 12.3. The molecule has 0 amide bonds. The molecule has 0 fully saturated rings. The molecule has 4 aromatic rings. The van der Waals surface area contributed by atoms with Gasteiger partial charge in [0, 0.05) is 5.56 Å². The number of anilines is 1. The maximum absolute atomic E-state index is 5.78. The van der Waals surface area contributed by atoms with Crippen LogP contribution >= 0.6 is 0 Å². The van der Waals surface area contributed by atoms with E-state index in [0.717, 1.165) is 50.9 Å². The standard InChI is InChI=1S/C23H24N4O3/c1-13(2)21(15-4-5-19-20(10-15)30-9-8-29-19)27-23-17-11-18(16-6-7-28-14(16)3)26-22(17)24-12-25-23/h4-7,10-13,21H,8-9H2,1-3H3,(H2,24,25,26,27)/t21-/m1/s1. The highest BCUT2D eigenvalue weighted by molar-refractivity contribution is 5.91. The highest BCUT2D eigenvalue weighted by atomic mass is 16.6. The highest BCUT2D eigenvalue weighted by Crippen LogP contribution is 2.37. The van der Waals surface area contributed by atoms with Crippen LogP contribution in [0.5, 0.6) is 11.5 Å². The van der Waals surface area contributed by atoms with E-state index in [0.29, 0.717) is 19.1 Å². The second kappa shape index (κ2) is 7.40. The lowest BCUT2D eigenvalue weighted by Crippen LogP contribution is -2.19. The average molecular weight is 404 g/mol. The van der Waals surface area contributed by atoms with E-state index < -0.39 is 0 Å². The van der Waals surface area contributed by atoms with Gasteiger partial charge in [-0.15, -0.1) is 0 Å². The Morgan fingerprint density at radius 2 is 1.87 bits per heavy atom. The van der Waals surface area contributed by atoms with Crippen molar-refractivity contribution in [3.63, 3.8) is 0 Å². The maximum Gasteiger partial charge on any atom is 0.161 e. The van der Waals surface area contributed by atoms with Crippen LogP contribution < -0.4 is 14.8 Å². The van der Waals surface area contributed by atoms with Crippen LogP contribution in [0.25, 0.3) is 22.3 Å². The van der Waals surface area contributed by atoms with Gasteiger partial charge >= 0.3 is 0 Å². The second-order valence-electron chi connectivity index (χ2n) is 7.83. The Morgan fingerprint density at radius 3 is 2.63 bits per heavy atom. The van der Waals surface area contributed by atoms with Gasteiger partial charge in [-0.25, -0.2) is 9.97 Å². The molecule has 0 radical (unpaired) electrons. The van der Waals surface area contributed by atoms with Gasteiger partial charge in [0.1, 0.15) is 36.8 Å². The molecule has 1 atom stereocenters. The lowest BCUT2D eigenvalue weighted by Gasteiger charge is -2.26. The number of rotatable bonds is 5. The van der Waals surface area contributed by atoms with Gasteiger partial charge < -0.3 is 24.2 Å². The summed E-state index contributed by atoms with van der Waals surface area (Å²) in [5.41, 5.74) is 3.89. The summed E-state index contributed by atoms with van der Waals surface area (Å²) in [5, 5.41) is 4.57. The number of hydrogen-bond acceptors (Lipinski definition) is 6. The van der Waals surface area contributed by atoms with Gasteiger partial charge in [-0.1, -0.05) is 19.9 Å². The minimum Gasteiger partial charge on any atom is -0.486 e. The number of furan rings is 1. The van der Waals surface area contributed by atoms with E-state index in [1.807, 2.05) is 19.1 Å². The van der Waals surface area contributed by atoms with E-state index in [-0.39, 0.29) is 6.04 Å². The number of nitrogens with one attached hydrogen (secondary N) is 2. The topological polar surface area (TPSA) is 85.2 Å². The van der Waals surface area contributed by atoms with Crippen molar-refractivity contribution < 1.29 is 13.9 Å². The number of benzene rings is 1. The Kier molecular flexibility index (Phi) is 4.58. The predicted octanol–water partition coefficient (Wildman–Crippen LogP) is 5.11. The summed E-state index contributed by atoms with van der Waals surface area (Å²) in [5.74, 6) is 3.56. The largest absolute Gasteiger partial charge is 0.486 e. The number of H-pyrrole nitrogens is 1. The van der Waals surface area contributed by atoms with Gasteiger partial charge in [-0.05, 0) is 42.7 Å². The quantitative estimate of drug-likeness (QED) is 0.481. The minimum atomic E-state index is 0.0490. The lowest BCUT2D eigenvalue weighted by atomic mass is 9.95. The van der Waals surface area contributed by atoms with Crippen LogP contribution in [0.3, 0.4) is 0 Å². The fourth-order valence-electron chi connectivity index (χ4n) is 3.90. The summed E-state index contributed by atoms with van der Waals surface area (Å²) in [7, 11) is 0. The molecule has 2 N–H and O–H groups in total. The van der Waals surface area contributed by atoms with Gasteiger partial charge in [0.2, 0.25) is 0 Å². The molecule has 0 saturated carbocycles. The number of aryl methyl sites for hydroxylation is 1. The van der Waals surface area contributed by atoms with Crippen LogP contribution in [0.1, 0.15) is 31.2 Å². The molecule has 5 rings (SSSR count). The van der Waals surface area contributed by atoms with E-state index in [9.17, 15) is 0 Å². The summed E-state index contributed by atoms with van der Waals surface area (Å²) >= 11 is 0. The first-order chi connectivity index (χ1) is 14.6. The molecule has 30 heavy (non-hydrogen) atoms. The van der Waals surface area contributed by atoms with E-state index in [4.69, 9.17) is 13.9 Å². The van der Waals surface area contributed by atoms with Crippen molar-refractivity contribution in [1.29, 1.82) is 0 Å². The van der Waals surface area contributed by atoms with E-state index >= 15 is 0 Å². The number of nitrogens with zero attached hydrogens (tertiary/aromatic N) is 2. The van der Waals surface area contributed by atoms with Gasteiger partial charge in [0.25, 0.3) is 0 Å². The van der Waals surface area contributed by atoms with Gasteiger partial charge in [-0.2, -0.15) is 0 Å². The summed E-state index contributed by atoms with van der Waals surface area (Å²) in [6.45, 7) is 7.47. The average Bonchev–Trinajstić information content (AvgIpc) is 3.37. The second-order valence-corrected chi connectivity index (χ2v) is 7.83. The van der Waals surface area contributed by atoms with Gasteiger partial charge in [0.15, 0.2) is 11.5 Å². The normalized spacial score (nSPS) is 14.3. The van der Waals surface area contributed by atoms with Crippen molar-refractivity contribution in [2.45, 2.75) is 26.8 Å². The van der Waals surface area contributed by atoms with E-state index in [1.54, 1.807) is 12.6 Å². The van der Waals surface area contributed by atoms with Gasteiger partial charge in [0.05, 0.1) is 23.4 Å². The molecular formula is C23H24N4O3. The number of aromatic amines is 1. The zero-order valence-corrected chi connectivity index (χ0v) is 17.2. The molecule has 7 heteroatoms. The molecule has 1 aromatic carbocycles. The van der Waals surface area contributed by atoms with Crippen molar-refractivity contribution in [3.05, 3.63) is 54.2 Å². The molecule has 0 saturated heterocycles. The fourth-order valence-corrected chi connectivity index (χ4v) is 3.90. The van der Waals surface area contributed by atoms with Gasteiger partial charge in [-0.3, -0.25) is 0 Å². The SMILES string of the molecule is Cc1occc1-c1cc2c(N[C@@H](c3ccc4c(c3)OCCO4)C(C)C)ncnc2[nH]1. The number of hydrogen-bond donors (Lipinski definition) is 2. The van der Waals surface area contributed by atoms with Crippen molar-refractivity contribution in [3.8, 4) is 22.8 Å². The Morgan fingerprint density at radius 1 is 1.03 bits per heavy atom. The van der Waals surface area contributed by atoms with Crippen LogP contribution in [0.2, 0.25) is 0 Å². The summed E-state index contributed by atoms with van der Waals surface area (Å²) in [6.07, 6.45) is 3.27. The van der Waals surface area contributed by atoms with Crippen LogP contribution in [0.4, 0.5) is 5.82 Å². The first-order valence-corrected chi connectivity index (χ1v) is 10.1. The minimum absolute atomic E-state index is 0.0490. The smallest absolute Gasteiger partial charge is 0.161 e. The third kappa shape index (κ3) is 3.26. The number of fused-ring (bicyclic) bond motifs is 2. The van der Waals surface area contributed by atoms with Crippen LogP contribution in [-0.4, -0.2) is 28.2 Å². The molecule has 1 aliphatic heterocycles.